The summed E-state index contributed by atoms with van der Waals surface area (Å²) in [6, 6.07) is 0.398. The molecule has 0 aliphatic heterocycles. The minimum absolute atomic E-state index is 0.398. The summed E-state index contributed by atoms with van der Waals surface area (Å²) in [5, 5.41) is 6.46. The van der Waals surface area contributed by atoms with Gasteiger partial charge in [0.05, 0.1) is 13.2 Å². The number of nitrogens with zero attached hydrogens (tertiary/aromatic N) is 1. The molecule has 0 bridgehead atoms. The van der Waals surface area contributed by atoms with Crippen molar-refractivity contribution in [2.75, 3.05) is 26.3 Å². The Bertz CT molecular complexity index is 191. The lowest BCUT2D eigenvalue weighted by Crippen LogP contribution is -2.41. The summed E-state index contributed by atoms with van der Waals surface area (Å²) in [7, 11) is 0. The van der Waals surface area contributed by atoms with E-state index in [1.165, 1.54) is 0 Å². The molecule has 0 aromatic heterocycles. The van der Waals surface area contributed by atoms with Crippen LogP contribution in [-0.4, -0.2) is 38.3 Å². The monoisotopic (exact) mass is 229 g/mol. The van der Waals surface area contributed by atoms with Crippen molar-refractivity contribution in [1.82, 2.24) is 10.6 Å². The number of hydrogen-bond acceptors (Lipinski definition) is 2. The van der Waals surface area contributed by atoms with Gasteiger partial charge >= 0.3 is 0 Å². The van der Waals surface area contributed by atoms with Crippen LogP contribution < -0.4 is 10.6 Å². The zero-order valence-corrected chi connectivity index (χ0v) is 11.3. The van der Waals surface area contributed by atoms with Crippen LogP contribution >= 0.6 is 0 Å². The van der Waals surface area contributed by atoms with Gasteiger partial charge in [0.1, 0.15) is 0 Å². The number of rotatable bonds is 7. The van der Waals surface area contributed by atoms with Crippen molar-refractivity contribution in [2.24, 2.45) is 10.9 Å². The number of nitrogens with one attached hydrogen (secondary N) is 2. The Balaban J connectivity index is 3.76. The van der Waals surface area contributed by atoms with Crippen LogP contribution in [0.15, 0.2) is 4.99 Å². The predicted molar refractivity (Wildman–Crippen MR) is 69.9 cm³/mol. The van der Waals surface area contributed by atoms with Crippen LogP contribution in [0.3, 0.4) is 0 Å². The van der Waals surface area contributed by atoms with E-state index in [1.54, 1.807) is 0 Å². The standard InChI is InChI=1S/C12H27N3O/c1-6-13-12(15-11(4)5)14-7-8-16-9-10(2)3/h10-11H,6-9H2,1-5H3,(H2,13,14,15). The lowest BCUT2D eigenvalue weighted by atomic mass is 10.2. The number of guanidine groups is 1. The zero-order chi connectivity index (χ0) is 12.4. The van der Waals surface area contributed by atoms with Crippen LogP contribution in [0, 0.1) is 5.92 Å². The van der Waals surface area contributed by atoms with Gasteiger partial charge in [-0.25, -0.2) is 0 Å². The molecule has 0 aliphatic carbocycles. The first kappa shape index (κ1) is 15.2. The summed E-state index contributed by atoms with van der Waals surface area (Å²) in [6.07, 6.45) is 0. The summed E-state index contributed by atoms with van der Waals surface area (Å²) >= 11 is 0. The van der Waals surface area contributed by atoms with Crippen molar-refractivity contribution in [3.05, 3.63) is 0 Å². The molecule has 0 aromatic carbocycles. The first-order chi connectivity index (χ1) is 7.56. The van der Waals surface area contributed by atoms with Crippen LogP contribution in [0.4, 0.5) is 0 Å². The van der Waals surface area contributed by atoms with Crippen molar-refractivity contribution >= 4 is 5.96 Å². The van der Waals surface area contributed by atoms with E-state index in [-0.39, 0.29) is 0 Å². The van der Waals surface area contributed by atoms with Crippen LogP contribution in [0.25, 0.3) is 0 Å². The number of hydrogen-bond donors (Lipinski definition) is 2. The fourth-order valence-electron chi connectivity index (χ4n) is 1.13. The van der Waals surface area contributed by atoms with Crippen LogP contribution in [0.5, 0.6) is 0 Å². The highest BCUT2D eigenvalue weighted by Gasteiger charge is 1.98. The average Bonchev–Trinajstić information content (AvgIpc) is 2.16. The first-order valence-electron chi connectivity index (χ1n) is 6.18. The molecule has 96 valence electrons. The quantitative estimate of drug-likeness (QED) is 0.396. The molecule has 4 heteroatoms. The lowest BCUT2D eigenvalue weighted by Gasteiger charge is -2.14. The van der Waals surface area contributed by atoms with Crippen molar-refractivity contribution in [3.8, 4) is 0 Å². The molecule has 0 atom stereocenters. The normalized spacial score (nSPS) is 12.3. The van der Waals surface area contributed by atoms with Crippen molar-refractivity contribution < 1.29 is 4.74 Å². The van der Waals surface area contributed by atoms with E-state index < -0.39 is 0 Å². The fraction of sp³-hybridized carbons (Fsp3) is 0.917. The van der Waals surface area contributed by atoms with Gasteiger partial charge in [-0.2, -0.15) is 0 Å². The van der Waals surface area contributed by atoms with Gasteiger partial charge in [-0.05, 0) is 26.7 Å². The van der Waals surface area contributed by atoms with Crippen molar-refractivity contribution in [3.63, 3.8) is 0 Å². The molecular weight excluding hydrogens is 202 g/mol. The Hall–Kier alpha value is -0.770. The molecule has 0 amide bonds. The maximum Gasteiger partial charge on any atom is 0.191 e. The minimum Gasteiger partial charge on any atom is -0.379 e. The van der Waals surface area contributed by atoms with Gasteiger partial charge < -0.3 is 15.4 Å². The topological polar surface area (TPSA) is 45.7 Å². The second kappa shape index (κ2) is 9.46. The summed E-state index contributed by atoms with van der Waals surface area (Å²) in [6.45, 7) is 13.6. The highest BCUT2D eigenvalue weighted by Crippen LogP contribution is 1.91. The first-order valence-corrected chi connectivity index (χ1v) is 6.18. The lowest BCUT2D eigenvalue weighted by molar-refractivity contribution is 0.117. The molecule has 0 rings (SSSR count). The highest BCUT2D eigenvalue weighted by atomic mass is 16.5. The zero-order valence-electron chi connectivity index (χ0n) is 11.3. The molecule has 2 N–H and O–H groups in total. The maximum absolute atomic E-state index is 5.47. The predicted octanol–water partition coefficient (Wildman–Crippen LogP) is 1.62. The third kappa shape index (κ3) is 9.77. The number of ether oxygens (including phenoxy) is 1. The van der Waals surface area contributed by atoms with Crippen LogP contribution in [0.1, 0.15) is 34.6 Å². The van der Waals surface area contributed by atoms with Gasteiger partial charge in [-0.1, -0.05) is 13.8 Å². The van der Waals surface area contributed by atoms with Crippen molar-refractivity contribution in [2.45, 2.75) is 40.7 Å². The van der Waals surface area contributed by atoms with E-state index in [0.29, 0.717) is 25.1 Å². The molecule has 0 saturated carbocycles. The molecule has 0 fully saturated rings. The molecule has 0 spiro atoms. The fourth-order valence-corrected chi connectivity index (χ4v) is 1.13. The Labute approximate surface area is 99.9 Å². The molecule has 4 nitrogen and oxygen atoms in total. The molecule has 0 aromatic rings. The van der Waals surface area contributed by atoms with E-state index >= 15 is 0 Å². The number of aliphatic imine (C=N–C) groups is 1. The third-order valence-electron chi connectivity index (χ3n) is 1.73. The van der Waals surface area contributed by atoms with Gasteiger partial charge in [0.25, 0.3) is 0 Å². The third-order valence-corrected chi connectivity index (χ3v) is 1.73. The minimum atomic E-state index is 0.398. The highest BCUT2D eigenvalue weighted by molar-refractivity contribution is 5.79. The molecule has 16 heavy (non-hydrogen) atoms. The van der Waals surface area contributed by atoms with Gasteiger partial charge in [-0.15, -0.1) is 0 Å². The summed E-state index contributed by atoms with van der Waals surface area (Å²) in [4.78, 5) is 4.42. The second-order valence-corrected chi connectivity index (χ2v) is 4.53. The maximum atomic E-state index is 5.47. The molecule has 0 heterocycles. The Morgan fingerprint density at radius 1 is 1.25 bits per heavy atom. The molecule has 0 unspecified atom stereocenters. The van der Waals surface area contributed by atoms with Gasteiger partial charge in [0, 0.05) is 19.2 Å². The molecule has 0 saturated heterocycles. The van der Waals surface area contributed by atoms with E-state index in [4.69, 9.17) is 4.74 Å². The van der Waals surface area contributed by atoms with Gasteiger partial charge in [0.15, 0.2) is 5.96 Å². The smallest absolute Gasteiger partial charge is 0.191 e. The van der Waals surface area contributed by atoms with E-state index in [9.17, 15) is 0 Å². The average molecular weight is 229 g/mol. The van der Waals surface area contributed by atoms with E-state index in [2.05, 4.69) is 50.2 Å². The summed E-state index contributed by atoms with van der Waals surface area (Å²) in [5.74, 6) is 1.46. The van der Waals surface area contributed by atoms with E-state index in [0.717, 1.165) is 19.1 Å². The second-order valence-electron chi connectivity index (χ2n) is 4.53. The molecular formula is C12H27N3O. The summed E-state index contributed by atoms with van der Waals surface area (Å²) in [5.41, 5.74) is 0. The van der Waals surface area contributed by atoms with E-state index in [1.807, 2.05) is 0 Å². The SMILES string of the molecule is CCNC(=NCCOCC(C)C)NC(C)C. The van der Waals surface area contributed by atoms with Crippen molar-refractivity contribution in [1.29, 1.82) is 0 Å². The molecule has 0 radical (unpaired) electrons. The van der Waals surface area contributed by atoms with Gasteiger partial charge in [0.2, 0.25) is 0 Å². The summed E-state index contributed by atoms with van der Waals surface area (Å²) < 4.78 is 5.47. The largest absolute Gasteiger partial charge is 0.379 e. The van der Waals surface area contributed by atoms with Crippen LogP contribution in [0.2, 0.25) is 0 Å². The Morgan fingerprint density at radius 2 is 1.94 bits per heavy atom. The van der Waals surface area contributed by atoms with Crippen LogP contribution in [-0.2, 0) is 4.74 Å². The molecule has 0 aliphatic rings. The Morgan fingerprint density at radius 3 is 2.44 bits per heavy atom. The van der Waals surface area contributed by atoms with Gasteiger partial charge in [-0.3, -0.25) is 4.99 Å². The Kier molecular flexibility index (Phi) is 9.00.